The molecule has 0 spiro atoms. The molecule has 1 aromatic carbocycles. The Morgan fingerprint density at radius 1 is 1.28 bits per heavy atom. The lowest BCUT2D eigenvalue weighted by Crippen LogP contribution is -2.39. The minimum Gasteiger partial charge on any atom is -0.337 e. The van der Waals surface area contributed by atoms with Crippen molar-refractivity contribution in [2.24, 2.45) is 0 Å². The standard InChI is InChI=1S/C23H24ClN3OS/c1-15-10-17(11-18-6-3-4-8-20(18)24)12-21(26-15)19-7-5-9-27(13-19)23(28)22-16(2)25-14-29-22/h3-4,6,8,10,12,14,19H,5,7,9,11,13H2,1-2H3/t19-/m1/s1. The van der Waals surface area contributed by atoms with Gasteiger partial charge in [0.25, 0.3) is 5.91 Å². The maximum atomic E-state index is 12.9. The summed E-state index contributed by atoms with van der Waals surface area (Å²) in [6.45, 7) is 5.43. The van der Waals surface area contributed by atoms with Crippen molar-refractivity contribution in [2.75, 3.05) is 13.1 Å². The van der Waals surface area contributed by atoms with Crippen LogP contribution in [0.5, 0.6) is 0 Å². The van der Waals surface area contributed by atoms with Gasteiger partial charge in [-0.3, -0.25) is 9.78 Å². The van der Waals surface area contributed by atoms with Crippen molar-refractivity contribution in [2.45, 2.75) is 39.0 Å². The van der Waals surface area contributed by atoms with Gasteiger partial charge in [-0.15, -0.1) is 11.3 Å². The van der Waals surface area contributed by atoms with E-state index in [2.05, 4.69) is 23.2 Å². The SMILES string of the molecule is Cc1cc(Cc2ccccc2Cl)cc([C@@H]2CCCN(C(=O)c3scnc3C)C2)n1. The molecule has 0 saturated carbocycles. The van der Waals surface area contributed by atoms with E-state index in [0.29, 0.717) is 6.54 Å². The molecule has 3 heterocycles. The van der Waals surface area contributed by atoms with Crippen LogP contribution in [0.2, 0.25) is 5.02 Å². The van der Waals surface area contributed by atoms with Gasteiger partial charge in [0.1, 0.15) is 4.88 Å². The van der Waals surface area contributed by atoms with Crippen LogP contribution in [0, 0.1) is 13.8 Å². The van der Waals surface area contributed by atoms with E-state index >= 15 is 0 Å². The fraction of sp³-hybridized carbons (Fsp3) is 0.348. The fourth-order valence-corrected chi connectivity index (χ4v) is 4.97. The highest BCUT2D eigenvalue weighted by Gasteiger charge is 2.28. The zero-order chi connectivity index (χ0) is 20.4. The zero-order valence-corrected chi connectivity index (χ0v) is 18.3. The summed E-state index contributed by atoms with van der Waals surface area (Å²) in [5.74, 6) is 0.351. The van der Waals surface area contributed by atoms with E-state index in [9.17, 15) is 4.79 Å². The quantitative estimate of drug-likeness (QED) is 0.560. The summed E-state index contributed by atoms with van der Waals surface area (Å²) in [6.07, 6.45) is 2.82. The molecule has 0 N–H and O–H groups in total. The van der Waals surface area contributed by atoms with Crippen LogP contribution in [0.25, 0.3) is 0 Å². The summed E-state index contributed by atoms with van der Waals surface area (Å²) in [5, 5.41) is 0.790. The molecule has 1 aliphatic heterocycles. The molecule has 4 rings (SSSR count). The normalized spacial score (nSPS) is 16.8. The predicted octanol–water partition coefficient (Wildman–Crippen LogP) is 5.42. The van der Waals surface area contributed by atoms with Gasteiger partial charge in [-0.2, -0.15) is 0 Å². The highest BCUT2D eigenvalue weighted by atomic mass is 35.5. The first kappa shape index (κ1) is 20.0. The Hall–Kier alpha value is -2.24. The number of nitrogens with zero attached hydrogens (tertiary/aromatic N) is 3. The number of aromatic nitrogens is 2. The Kier molecular flexibility index (Phi) is 5.97. The van der Waals surface area contributed by atoms with Crippen LogP contribution in [0.15, 0.2) is 41.9 Å². The van der Waals surface area contributed by atoms with Gasteiger partial charge in [0.2, 0.25) is 0 Å². The Morgan fingerprint density at radius 3 is 2.86 bits per heavy atom. The second-order valence-electron chi connectivity index (χ2n) is 7.67. The molecule has 1 amide bonds. The van der Waals surface area contributed by atoms with Crippen LogP contribution >= 0.6 is 22.9 Å². The maximum Gasteiger partial charge on any atom is 0.265 e. The number of pyridine rings is 1. The molecule has 0 aliphatic carbocycles. The van der Waals surface area contributed by atoms with Gasteiger partial charge >= 0.3 is 0 Å². The van der Waals surface area contributed by atoms with Crippen LogP contribution < -0.4 is 0 Å². The van der Waals surface area contributed by atoms with Crippen LogP contribution in [0.4, 0.5) is 0 Å². The first-order chi connectivity index (χ1) is 14.0. The zero-order valence-electron chi connectivity index (χ0n) is 16.7. The van der Waals surface area contributed by atoms with Crippen LogP contribution in [-0.4, -0.2) is 33.9 Å². The summed E-state index contributed by atoms with van der Waals surface area (Å²) in [6, 6.07) is 12.3. The van der Waals surface area contributed by atoms with Crippen LogP contribution in [0.3, 0.4) is 0 Å². The molecule has 6 heteroatoms. The summed E-state index contributed by atoms with van der Waals surface area (Å²) < 4.78 is 0. The molecule has 1 atom stereocenters. The highest BCUT2D eigenvalue weighted by molar-refractivity contribution is 7.11. The lowest BCUT2D eigenvalue weighted by atomic mass is 9.92. The molecule has 3 aromatic rings. The minimum absolute atomic E-state index is 0.0960. The number of piperidine rings is 1. The molecule has 1 aliphatic rings. The van der Waals surface area contributed by atoms with E-state index in [-0.39, 0.29) is 11.8 Å². The molecule has 2 aromatic heterocycles. The van der Waals surface area contributed by atoms with Crippen molar-refractivity contribution < 1.29 is 4.79 Å². The molecule has 0 bridgehead atoms. The number of carbonyl (C=O) groups is 1. The lowest BCUT2D eigenvalue weighted by molar-refractivity contribution is 0.0710. The van der Waals surface area contributed by atoms with Crippen molar-refractivity contribution in [3.05, 3.63) is 80.0 Å². The molecule has 1 saturated heterocycles. The molecule has 4 nitrogen and oxygen atoms in total. The number of amides is 1. The summed E-state index contributed by atoms with van der Waals surface area (Å²) in [4.78, 5) is 24.7. The Bertz CT molecular complexity index is 1030. The van der Waals surface area contributed by atoms with E-state index in [1.807, 2.05) is 36.9 Å². The van der Waals surface area contributed by atoms with E-state index in [1.54, 1.807) is 5.51 Å². The molecule has 0 radical (unpaired) electrons. The minimum atomic E-state index is 0.0960. The van der Waals surface area contributed by atoms with Gasteiger partial charge in [0.15, 0.2) is 0 Å². The first-order valence-corrected chi connectivity index (χ1v) is 11.2. The maximum absolute atomic E-state index is 12.9. The number of aryl methyl sites for hydroxylation is 2. The second-order valence-corrected chi connectivity index (χ2v) is 8.93. The van der Waals surface area contributed by atoms with Gasteiger partial charge in [-0.1, -0.05) is 29.8 Å². The number of halogens is 1. The van der Waals surface area contributed by atoms with Gasteiger partial charge in [-0.25, -0.2) is 4.98 Å². The number of likely N-dealkylation sites (tertiary alicyclic amines) is 1. The van der Waals surface area contributed by atoms with E-state index in [1.165, 1.54) is 16.9 Å². The number of hydrogen-bond acceptors (Lipinski definition) is 4. The molecule has 150 valence electrons. The van der Waals surface area contributed by atoms with Crippen molar-refractivity contribution >= 4 is 28.8 Å². The van der Waals surface area contributed by atoms with Crippen molar-refractivity contribution in [3.63, 3.8) is 0 Å². The third-order valence-electron chi connectivity index (χ3n) is 5.45. The number of thiazole rings is 1. The molecule has 1 fully saturated rings. The highest BCUT2D eigenvalue weighted by Crippen LogP contribution is 2.29. The number of benzene rings is 1. The van der Waals surface area contributed by atoms with Gasteiger partial charge < -0.3 is 4.90 Å². The monoisotopic (exact) mass is 425 g/mol. The number of rotatable bonds is 4. The molecular formula is C23H24ClN3OS. The largest absolute Gasteiger partial charge is 0.337 e. The van der Waals surface area contributed by atoms with Gasteiger partial charge in [0.05, 0.1) is 11.2 Å². The Balaban J connectivity index is 1.54. The predicted molar refractivity (Wildman–Crippen MR) is 118 cm³/mol. The average Bonchev–Trinajstić information content (AvgIpc) is 3.15. The van der Waals surface area contributed by atoms with Crippen molar-refractivity contribution in [1.82, 2.24) is 14.9 Å². The van der Waals surface area contributed by atoms with E-state index < -0.39 is 0 Å². The molecule has 29 heavy (non-hydrogen) atoms. The van der Waals surface area contributed by atoms with Crippen molar-refractivity contribution in [1.29, 1.82) is 0 Å². The lowest BCUT2D eigenvalue weighted by Gasteiger charge is -2.32. The summed E-state index contributed by atoms with van der Waals surface area (Å²) in [7, 11) is 0. The van der Waals surface area contributed by atoms with Gasteiger partial charge in [-0.05, 0) is 62.4 Å². The number of carbonyl (C=O) groups excluding carboxylic acids is 1. The Morgan fingerprint density at radius 2 is 2.10 bits per heavy atom. The fourth-order valence-electron chi connectivity index (χ4n) is 3.99. The Labute approximate surface area is 180 Å². The summed E-state index contributed by atoms with van der Waals surface area (Å²) >= 11 is 7.78. The van der Waals surface area contributed by atoms with E-state index in [0.717, 1.165) is 58.4 Å². The first-order valence-electron chi connectivity index (χ1n) is 9.91. The second kappa shape index (κ2) is 8.64. The van der Waals surface area contributed by atoms with E-state index in [4.69, 9.17) is 16.6 Å². The third kappa shape index (κ3) is 4.51. The average molecular weight is 426 g/mol. The molecule has 0 unspecified atom stereocenters. The summed E-state index contributed by atoms with van der Waals surface area (Å²) in [5.41, 5.74) is 6.97. The van der Waals surface area contributed by atoms with Crippen LogP contribution in [0.1, 0.15) is 56.6 Å². The smallest absolute Gasteiger partial charge is 0.265 e. The molecular weight excluding hydrogens is 402 g/mol. The van der Waals surface area contributed by atoms with Gasteiger partial charge in [0, 0.05) is 35.4 Å². The number of hydrogen-bond donors (Lipinski definition) is 0. The third-order valence-corrected chi connectivity index (χ3v) is 6.74. The van der Waals surface area contributed by atoms with Crippen molar-refractivity contribution in [3.8, 4) is 0 Å². The topological polar surface area (TPSA) is 46.1 Å². The van der Waals surface area contributed by atoms with Crippen LogP contribution in [-0.2, 0) is 6.42 Å².